The number of rotatable bonds is 9. The average molecular weight is 256 g/mol. The van der Waals surface area contributed by atoms with Gasteiger partial charge in [0.25, 0.3) is 0 Å². The molecule has 1 saturated heterocycles. The van der Waals surface area contributed by atoms with Gasteiger partial charge in [-0.05, 0) is 39.2 Å². The van der Waals surface area contributed by atoms with Crippen LogP contribution in [0.15, 0.2) is 0 Å². The molecule has 0 spiro atoms. The highest BCUT2D eigenvalue weighted by atomic mass is 16.5. The summed E-state index contributed by atoms with van der Waals surface area (Å²) < 4.78 is 5.26. The summed E-state index contributed by atoms with van der Waals surface area (Å²) in [6.45, 7) is 11.2. The Morgan fingerprint density at radius 1 is 1.39 bits per heavy atom. The van der Waals surface area contributed by atoms with Gasteiger partial charge in [0, 0.05) is 31.8 Å². The molecule has 2 atom stereocenters. The van der Waals surface area contributed by atoms with Gasteiger partial charge < -0.3 is 10.1 Å². The second-order valence-corrected chi connectivity index (χ2v) is 5.78. The Balaban J connectivity index is 2.60. The van der Waals surface area contributed by atoms with Crippen LogP contribution in [0, 0.1) is 0 Å². The molecule has 0 radical (unpaired) electrons. The molecule has 3 nitrogen and oxygen atoms in total. The molecule has 0 bridgehead atoms. The molecular formula is C15H32N2O. The summed E-state index contributed by atoms with van der Waals surface area (Å²) in [5.74, 6) is 0. The molecule has 1 fully saturated rings. The van der Waals surface area contributed by atoms with Gasteiger partial charge in [-0.3, -0.25) is 4.90 Å². The quantitative estimate of drug-likeness (QED) is 0.686. The van der Waals surface area contributed by atoms with Crippen LogP contribution < -0.4 is 5.32 Å². The maximum atomic E-state index is 5.26. The summed E-state index contributed by atoms with van der Waals surface area (Å²) >= 11 is 0. The van der Waals surface area contributed by atoms with E-state index >= 15 is 0 Å². The summed E-state index contributed by atoms with van der Waals surface area (Å²) in [4.78, 5) is 2.61. The van der Waals surface area contributed by atoms with Crippen LogP contribution in [-0.4, -0.2) is 49.8 Å². The van der Waals surface area contributed by atoms with Crippen LogP contribution in [0.25, 0.3) is 0 Å². The molecule has 1 heterocycles. The molecule has 1 aliphatic rings. The molecule has 108 valence electrons. The number of methoxy groups -OCH3 is 1. The van der Waals surface area contributed by atoms with Crippen LogP contribution in [0.1, 0.15) is 52.9 Å². The smallest absolute Gasteiger partial charge is 0.0589 e. The number of nitrogens with zero attached hydrogens (tertiary/aromatic N) is 1. The van der Waals surface area contributed by atoms with E-state index in [1.54, 1.807) is 7.11 Å². The number of hydrogen-bond acceptors (Lipinski definition) is 3. The number of ether oxygens (including phenoxy) is 1. The van der Waals surface area contributed by atoms with Gasteiger partial charge in [0.05, 0.1) is 6.61 Å². The van der Waals surface area contributed by atoms with E-state index < -0.39 is 0 Å². The largest absolute Gasteiger partial charge is 0.383 e. The predicted octanol–water partition coefficient (Wildman–Crippen LogP) is 2.66. The highest BCUT2D eigenvalue weighted by Crippen LogP contribution is 2.26. The van der Waals surface area contributed by atoms with Crippen molar-refractivity contribution in [3.05, 3.63) is 0 Å². The lowest BCUT2D eigenvalue weighted by molar-refractivity contribution is 0.0943. The van der Waals surface area contributed by atoms with E-state index in [4.69, 9.17) is 4.74 Å². The van der Waals surface area contributed by atoms with E-state index in [-0.39, 0.29) is 0 Å². The topological polar surface area (TPSA) is 24.5 Å². The molecule has 18 heavy (non-hydrogen) atoms. The molecule has 0 aromatic heterocycles. The highest BCUT2D eigenvalue weighted by molar-refractivity contribution is 4.95. The minimum absolute atomic E-state index is 0.367. The molecule has 0 aliphatic carbocycles. The third kappa shape index (κ3) is 4.52. The Bertz CT molecular complexity index is 215. The van der Waals surface area contributed by atoms with Crippen molar-refractivity contribution in [1.29, 1.82) is 0 Å². The van der Waals surface area contributed by atoms with Gasteiger partial charge in [-0.1, -0.05) is 20.3 Å². The zero-order chi connectivity index (χ0) is 13.4. The van der Waals surface area contributed by atoms with Crippen molar-refractivity contribution < 1.29 is 4.74 Å². The first-order valence-corrected chi connectivity index (χ1v) is 7.65. The minimum atomic E-state index is 0.367. The van der Waals surface area contributed by atoms with E-state index in [0.717, 1.165) is 13.2 Å². The summed E-state index contributed by atoms with van der Waals surface area (Å²) in [6.07, 6.45) is 6.45. The lowest BCUT2D eigenvalue weighted by Gasteiger charge is -2.38. The lowest BCUT2D eigenvalue weighted by atomic mass is 9.90. The van der Waals surface area contributed by atoms with Gasteiger partial charge in [-0.15, -0.1) is 0 Å². The molecule has 1 N–H and O–H groups in total. The first-order valence-electron chi connectivity index (χ1n) is 7.65. The molecule has 2 unspecified atom stereocenters. The Morgan fingerprint density at radius 3 is 2.67 bits per heavy atom. The van der Waals surface area contributed by atoms with Crippen LogP contribution in [-0.2, 0) is 4.74 Å². The Kier molecular flexibility index (Phi) is 7.20. The maximum Gasteiger partial charge on any atom is 0.0589 e. The van der Waals surface area contributed by atoms with Crippen molar-refractivity contribution in [2.24, 2.45) is 0 Å². The number of nitrogens with one attached hydrogen (secondary N) is 1. The first-order chi connectivity index (χ1) is 8.67. The van der Waals surface area contributed by atoms with Crippen LogP contribution in [0.4, 0.5) is 0 Å². The van der Waals surface area contributed by atoms with Crippen molar-refractivity contribution in [2.45, 2.75) is 64.5 Å². The van der Waals surface area contributed by atoms with Gasteiger partial charge in [-0.25, -0.2) is 0 Å². The molecule has 3 heteroatoms. The highest BCUT2D eigenvalue weighted by Gasteiger charge is 2.34. The second kappa shape index (κ2) is 8.13. The van der Waals surface area contributed by atoms with Crippen LogP contribution in [0.2, 0.25) is 0 Å². The van der Waals surface area contributed by atoms with Crippen molar-refractivity contribution in [3.63, 3.8) is 0 Å². The monoisotopic (exact) mass is 256 g/mol. The lowest BCUT2D eigenvalue weighted by Crippen LogP contribution is -2.52. The minimum Gasteiger partial charge on any atom is -0.383 e. The normalized spacial score (nSPS) is 25.8. The molecule has 1 aliphatic heterocycles. The fraction of sp³-hybridized carbons (Fsp3) is 1.00. The van der Waals surface area contributed by atoms with E-state index in [2.05, 4.69) is 31.0 Å². The Morgan fingerprint density at radius 2 is 2.17 bits per heavy atom. The first kappa shape index (κ1) is 15.9. The maximum absolute atomic E-state index is 5.26. The van der Waals surface area contributed by atoms with E-state index in [0.29, 0.717) is 11.6 Å². The van der Waals surface area contributed by atoms with Crippen LogP contribution in [0.5, 0.6) is 0 Å². The van der Waals surface area contributed by atoms with Crippen molar-refractivity contribution >= 4 is 0 Å². The SMILES string of the molecule is CCCC1(CN(CCOC)C(C)CC)CCCN1. The fourth-order valence-corrected chi connectivity index (χ4v) is 3.09. The van der Waals surface area contributed by atoms with Crippen molar-refractivity contribution in [2.75, 3.05) is 33.4 Å². The van der Waals surface area contributed by atoms with Gasteiger partial charge >= 0.3 is 0 Å². The zero-order valence-corrected chi connectivity index (χ0v) is 12.8. The molecule has 0 aromatic rings. The van der Waals surface area contributed by atoms with Crippen molar-refractivity contribution in [1.82, 2.24) is 10.2 Å². The molecule has 0 saturated carbocycles. The second-order valence-electron chi connectivity index (χ2n) is 5.78. The summed E-state index contributed by atoms with van der Waals surface area (Å²) in [5.41, 5.74) is 0.367. The van der Waals surface area contributed by atoms with E-state index in [1.165, 1.54) is 45.2 Å². The molecular weight excluding hydrogens is 224 g/mol. The Labute approximate surface area is 113 Å². The molecule has 0 amide bonds. The van der Waals surface area contributed by atoms with Crippen LogP contribution in [0.3, 0.4) is 0 Å². The fourth-order valence-electron chi connectivity index (χ4n) is 3.09. The zero-order valence-electron chi connectivity index (χ0n) is 12.8. The average Bonchev–Trinajstić information content (AvgIpc) is 2.82. The third-order valence-electron chi connectivity index (χ3n) is 4.36. The van der Waals surface area contributed by atoms with Crippen molar-refractivity contribution in [3.8, 4) is 0 Å². The van der Waals surface area contributed by atoms with Gasteiger partial charge in [-0.2, -0.15) is 0 Å². The molecule has 0 aromatic carbocycles. The van der Waals surface area contributed by atoms with Crippen LogP contribution >= 0.6 is 0 Å². The molecule has 1 rings (SSSR count). The summed E-state index contributed by atoms with van der Waals surface area (Å²) in [7, 11) is 1.80. The van der Waals surface area contributed by atoms with Gasteiger partial charge in [0.1, 0.15) is 0 Å². The summed E-state index contributed by atoms with van der Waals surface area (Å²) in [6, 6.07) is 0.649. The van der Waals surface area contributed by atoms with Gasteiger partial charge in [0.15, 0.2) is 0 Å². The number of hydrogen-bond donors (Lipinski definition) is 1. The van der Waals surface area contributed by atoms with Gasteiger partial charge in [0.2, 0.25) is 0 Å². The third-order valence-corrected chi connectivity index (χ3v) is 4.36. The summed E-state index contributed by atoms with van der Waals surface area (Å²) in [5, 5.41) is 3.77. The van der Waals surface area contributed by atoms with E-state index in [1.807, 2.05) is 0 Å². The predicted molar refractivity (Wildman–Crippen MR) is 78.1 cm³/mol. The standard InChI is InChI=1S/C15H32N2O/c1-5-8-15(9-7-10-16-15)13-17(11-12-18-4)14(3)6-2/h14,16H,5-13H2,1-4H3. The van der Waals surface area contributed by atoms with E-state index in [9.17, 15) is 0 Å². The Hall–Kier alpha value is -0.120.